The van der Waals surface area contributed by atoms with E-state index in [0.29, 0.717) is 16.3 Å². The lowest BCUT2D eigenvalue weighted by molar-refractivity contribution is 0.374. The number of rotatable bonds is 2. The monoisotopic (exact) mass is 263 g/mol. The molecule has 1 aromatic carbocycles. The van der Waals surface area contributed by atoms with E-state index in [1.54, 1.807) is 0 Å². The molecule has 0 N–H and O–H groups in total. The average Bonchev–Trinajstić information content (AvgIpc) is 2.88. The number of likely N-dealkylation sites (tertiary alicyclic amines) is 1. The highest BCUT2D eigenvalue weighted by molar-refractivity contribution is 7.96. The summed E-state index contributed by atoms with van der Waals surface area (Å²) in [5.74, 6) is 0. The maximum Gasteiger partial charge on any atom is 0.204 e. The molecule has 0 bridgehead atoms. The van der Waals surface area contributed by atoms with Gasteiger partial charge in [0.15, 0.2) is 0 Å². The van der Waals surface area contributed by atoms with E-state index in [-0.39, 0.29) is 0 Å². The lowest BCUT2D eigenvalue weighted by Gasteiger charge is -2.15. The predicted molar refractivity (Wildman–Crippen MR) is 72.0 cm³/mol. The molecule has 2 heterocycles. The van der Waals surface area contributed by atoms with Gasteiger partial charge in [0, 0.05) is 6.54 Å². The van der Waals surface area contributed by atoms with Gasteiger partial charge in [-0.2, -0.15) is 0 Å². The molecule has 0 saturated carbocycles. The van der Waals surface area contributed by atoms with Gasteiger partial charge in [-0.15, -0.1) is 0 Å². The molecule has 3 rings (SSSR count). The molecule has 0 radical (unpaired) electrons. The Morgan fingerprint density at radius 1 is 1.22 bits per heavy atom. The van der Waals surface area contributed by atoms with Gasteiger partial charge in [-0.25, -0.2) is 8.42 Å². The van der Waals surface area contributed by atoms with Crippen molar-refractivity contribution in [3.63, 3.8) is 0 Å². The lowest BCUT2D eigenvalue weighted by atomic mass is 10.1. The van der Waals surface area contributed by atoms with Crippen molar-refractivity contribution in [3.05, 3.63) is 34.2 Å². The molecule has 18 heavy (non-hydrogen) atoms. The molecular formula is C14H17NO2S. The first-order chi connectivity index (χ1) is 8.59. The number of nitrogens with zero attached hydrogens (tertiary/aromatic N) is 1. The zero-order chi connectivity index (χ0) is 12.8. The minimum Gasteiger partial charge on any atom is -0.298 e. The predicted octanol–water partition coefficient (Wildman–Crippen LogP) is 2.22. The van der Waals surface area contributed by atoms with Crippen molar-refractivity contribution in [1.82, 2.24) is 4.90 Å². The normalized spacial score (nSPS) is 21.9. The van der Waals surface area contributed by atoms with Crippen molar-refractivity contribution in [2.24, 2.45) is 0 Å². The van der Waals surface area contributed by atoms with Crippen molar-refractivity contribution in [2.75, 3.05) is 19.6 Å². The van der Waals surface area contributed by atoms with E-state index in [1.165, 1.54) is 12.8 Å². The first kappa shape index (κ1) is 11.9. The Morgan fingerprint density at radius 3 is 2.61 bits per heavy atom. The van der Waals surface area contributed by atoms with Gasteiger partial charge < -0.3 is 0 Å². The zero-order valence-electron chi connectivity index (χ0n) is 10.5. The van der Waals surface area contributed by atoms with Gasteiger partial charge in [0.1, 0.15) is 0 Å². The number of hydrogen-bond donors (Lipinski definition) is 0. The van der Waals surface area contributed by atoms with Crippen LogP contribution in [-0.2, 0) is 9.84 Å². The summed E-state index contributed by atoms with van der Waals surface area (Å²) in [4.78, 5) is 3.30. The van der Waals surface area contributed by atoms with Crippen molar-refractivity contribution in [3.8, 4) is 0 Å². The van der Waals surface area contributed by atoms with Crippen LogP contribution in [0, 0.1) is 6.92 Å². The maximum atomic E-state index is 12.5. The van der Waals surface area contributed by atoms with Gasteiger partial charge >= 0.3 is 0 Å². The van der Waals surface area contributed by atoms with Crippen LogP contribution in [0.25, 0.3) is 6.08 Å². The number of benzene rings is 1. The first-order valence-electron chi connectivity index (χ1n) is 6.37. The van der Waals surface area contributed by atoms with Crippen LogP contribution in [0.4, 0.5) is 0 Å². The molecule has 0 aliphatic carbocycles. The largest absolute Gasteiger partial charge is 0.298 e. The molecule has 0 spiro atoms. The number of sulfone groups is 1. The summed E-state index contributed by atoms with van der Waals surface area (Å²) >= 11 is 0. The fraction of sp³-hybridized carbons (Fsp3) is 0.429. The second-order valence-corrected chi connectivity index (χ2v) is 7.03. The highest BCUT2D eigenvalue weighted by Gasteiger charge is 2.32. The van der Waals surface area contributed by atoms with Crippen molar-refractivity contribution < 1.29 is 8.42 Å². The topological polar surface area (TPSA) is 37.4 Å². The molecule has 3 nitrogen and oxygen atoms in total. The first-order valence-corrected chi connectivity index (χ1v) is 7.85. The average molecular weight is 263 g/mol. The summed E-state index contributed by atoms with van der Waals surface area (Å²) in [7, 11) is -3.25. The minimum absolute atomic E-state index is 0.513. The Morgan fingerprint density at radius 2 is 1.94 bits per heavy atom. The van der Waals surface area contributed by atoms with E-state index in [1.807, 2.05) is 31.2 Å². The fourth-order valence-corrected chi connectivity index (χ4v) is 4.66. The summed E-state index contributed by atoms with van der Waals surface area (Å²) in [5.41, 5.74) is 1.70. The fourth-order valence-electron chi connectivity index (χ4n) is 2.83. The molecule has 0 amide bonds. The molecule has 2 aliphatic heterocycles. The van der Waals surface area contributed by atoms with Crippen LogP contribution < -0.4 is 0 Å². The molecule has 96 valence electrons. The summed E-state index contributed by atoms with van der Waals surface area (Å²) in [5, 5.41) is 0. The van der Waals surface area contributed by atoms with Crippen LogP contribution in [0.5, 0.6) is 0 Å². The van der Waals surface area contributed by atoms with Crippen molar-refractivity contribution >= 4 is 15.9 Å². The van der Waals surface area contributed by atoms with E-state index in [4.69, 9.17) is 0 Å². The van der Waals surface area contributed by atoms with Crippen LogP contribution in [-0.4, -0.2) is 33.0 Å². The molecule has 1 saturated heterocycles. The third kappa shape index (κ3) is 1.80. The van der Waals surface area contributed by atoms with Gasteiger partial charge in [-0.3, -0.25) is 4.90 Å². The van der Waals surface area contributed by atoms with E-state index in [9.17, 15) is 8.42 Å². The van der Waals surface area contributed by atoms with E-state index >= 15 is 0 Å². The molecule has 4 heteroatoms. The summed E-state index contributed by atoms with van der Waals surface area (Å²) < 4.78 is 25.0. The van der Waals surface area contributed by atoms with Crippen molar-refractivity contribution in [2.45, 2.75) is 24.7 Å². The molecule has 2 aliphatic rings. The summed E-state index contributed by atoms with van der Waals surface area (Å²) in [6.45, 7) is 4.46. The molecule has 0 atom stereocenters. The third-order valence-corrected chi connectivity index (χ3v) is 5.78. The van der Waals surface area contributed by atoms with Crippen LogP contribution >= 0.6 is 0 Å². The standard InChI is InChI=1S/C14H17NO2S/c1-11-5-4-6-12-9-13(18(16,17)14(11)12)10-15-7-2-3-8-15/h4-6,9H,2-3,7-8,10H2,1H3. The Balaban J connectivity index is 1.97. The number of fused-ring (bicyclic) bond motifs is 1. The second kappa shape index (κ2) is 4.21. The summed E-state index contributed by atoms with van der Waals surface area (Å²) in [6.07, 6.45) is 4.20. The Hall–Kier alpha value is -1.13. The van der Waals surface area contributed by atoms with Gasteiger partial charge in [-0.1, -0.05) is 18.2 Å². The molecule has 1 fully saturated rings. The van der Waals surface area contributed by atoms with Crippen LogP contribution in [0.3, 0.4) is 0 Å². The summed E-state index contributed by atoms with van der Waals surface area (Å²) in [6, 6.07) is 5.67. The Bertz CT molecular complexity index is 611. The van der Waals surface area contributed by atoms with E-state index in [2.05, 4.69) is 4.90 Å². The van der Waals surface area contributed by atoms with Gasteiger partial charge in [-0.05, 0) is 50.1 Å². The molecular weight excluding hydrogens is 246 g/mol. The van der Waals surface area contributed by atoms with Crippen LogP contribution in [0.1, 0.15) is 24.0 Å². The highest BCUT2D eigenvalue weighted by Crippen LogP contribution is 2.35. The minimum atomic E-state index is -3.25. The van der Waals surface area contributed by atoms with Gasteiger partial charge in [0.05, 0.1) is 9.80 Å². The van der Waals surface area contributed by atoms with E-state index < -0.39 is 9.84 Å². The highest BCUT2D eigenvalue weighted by atomic mass is 32.2. The second-order valence-electron chi connectivity index (χ2n) is 5.09. The van der Waals surface area contributed by atoms with Crippen LogP contribution in [0.2, 0.25) is 0 Å². The van der Waals surface area contributed by atoms with E-state index in [0.717, 1.165) is 24.2 Å². The quantitative estimate of drug-likeness (QED) is 0.821. The van der Waals surface area contributed by atoms with Gasteiger partial charge in [0.2, 0.25) is 9.84 Å². The zero-order valence-corrected chi connectivity index (χ0v) is 11.3. The smallest absolute Gasteiger partial charge is 0.204 e. The lowest BCUT2D eigenvalue weighted by Crippen LogP contribution is -2.24. The molecule has 1 aromatic rings. The number of hydrogen-bond acceptors (Lipinski definition) is 3. The molecule has 0 unspecified atom stereocenters. The Labute approximate surface area is 108 Å². The maximum absolute atomic E-state index is 12.5. The third-order valence-electron chi connectivity index (χ3n) is 3.75. The number of aryl methyl sites for hydroxylation is 1. The molecule has 0 aromatic heterocycles. The van der Waals surface area contributed by atoms with Gasteiger partial charge in [0.25, 0.3) is 0 Å². The van der Waals surface area contributed by atoms with Crippen LogP contribution in [0.15, 0.2) is 28.0 Å². The SMILES string of the molecule is Cc1cccc2c1S(=O)(=O)C(CN1CCCC1)=C2. The van der Waals surface area contributed by atoms with Crippen molar-refractivity contribution in [1.29, 1.82) is 0 Å². The Kier molecular flexibility index (Phi) is 2.79.